The Morgan fingerprint density at radius 3 is 2.79 bits per heavy atom. The lowest BCUT2D eigenvalue weighted by Crippen LogP contribution is -2.26. The van der Waals surface area contributed by atoms with Crippen molar-refractivity contribution in [1.82, 2.24) is 14.1 Å². The summed E-state index contributed by atoms with van der Waals surface area (Å²) in [6, 6.07) is 6.94. The summed E-state index contributed by atoms with van der Waals surface area (Å²) in [4.78, 5) is 28.0. The predicted molar refractivity (Wildman–Crippen MR) is 88.7 cm³/mol. The maximum absolute atomic E-state index is 12.4. The van der Waals surface area contributed by atoms with Gasteiger partial charge in [0.05, 0.1) is 23.0 Å². The van der Waals surface area contributed by atoms with Crippen LogP contribution in [0.3, 0.4) is 0 Å². The number of benzene rings is 1. The lowest BCUT2D eigenvalue weighted by molar-refractivity contribution is 0.0693. The molecule has 0 saturated carbocycles. The molecule has 0 aliphatic rings. The summed E-state index contributed by atoms with van der Waals surface area (Å²) in [5.41, 5.74) is 1.79. The maximum Gasteiger partial charge on any atom is 0.341 e. The number of carbonyl (C=O) groups is 1. The van der Waals surface area contributed by atoms with E-state index in [0.29, 0.717) is 29.7 Å². The standard InChI is InChI=1S/C17H17N3O4/c1-11-5-7-20(16(22)15(11)17(23)24)12-3-4-14-13(9-12)18-10-19(14)6-2-8-21/h3-5,7,9-10,21H,2,6,8H2,1H3,(H,23,24). The number of aliphatic hydroxyl groups is 1. The first-order chi connectivity index (χ1) is 11.5. The Morgan fingerprint density at radius 1 is 1.29 bits per heavy atom. The predicted octanol–water partition coefficient (Wildman–Crippen LogP) is 1.58. The number of hydrogen-bond acceptors (Lipinski definition) is 4. The lowest BCUT2D eigenvalue weighted by atomic mass is 10.1. The summed E-state index contributed by atoms with van der Waals surface area (Å²) >= 11 is 0. The van der Waals surface area contributed by atoms with E-state index >= 15 is 0 Å². The number of rotatable bonds is 5. The van der Waals surface area contributed by atoms with Crippen LogP contribution in [-0.2, 0) is 6.54 Å². The van der Waals surface area contributed by atoms with Gasteiger partial charge in [-0.25, -0.2) is 9.78 Å². The number of imidazole rings is 1. The molecule has 24 heavy (non-hydrogen) atoms. The van der Waals surface area contributed by atoms with Crippen LogP contribution >= 0.6 is 0 Å². The average molecular weight is 327 g/mol. The molecule has 0 radical (unpaired) electrons. The smallest absolute Gasteiger partial charge is 0.341 e. The topological polar surface area (TPSA) is 97.4 Å². The zero-order chi connectivity index (χ0) is 17.3. The van der Waals surface area contributed by atoms with Gasteiger partial charge in [0, 0.05) is 19.3 Å². The molecule has 0 aliphatic heterocycles. The van der Waals surface area contributed by atoms with E-state index in [1.807, 2.05) is 10.6 Å². The third kappa shape index (κ3) is 2.69. The molecule has 124 valence electrons. The summed E-state index contributed by atoms with van der Waals surface area (Å²) in [6.07, 6.45) is 3.88. The summed E-state index contributed by atoms with van der Waals surface area (Å²) in [7, 11) is 0. The van der Waals surface area contributed by atoms with Crippen LogP contribution in [0.15, 0.2) is 41.6 Å². The van der Waals surface area contributed by atoms with E-state index in [1.54, 1.807) is 37.6 Å². The van der Waals surface area contributed by atoms with Crippen LogP contribution in [0, 0.1) is 6.92 Å². The molecular formula is C17H17N3O4. The molecule has 0 aliphatic carbocycles. The lowest BCUT2D eigenvalue weighted by Gasteiger charge is -2.09. The Morgan fingerprint density at radius 2 is 2.08 bits per heavy atom. The Labute approximate surface area is 137 Å². The van der Waals surface area contributed by atoms with Crippen LogP contribution in [0.4, 0.5) is 0 Å². The van der Waals surface area contributed by atoms with E-state index < -0.39 is 11.5 Å². The van der Waals surface area contributed by atoms with E-state index in [9.17, 15) is 14.7 Å². The van der Waals surface area contributed by atoms with Gasteiger partial charge in [-0.05, 0) is 43.2 Å². The van der Waals surface area contributed by atoms with E-state index in [0.717, 1.165) is 5.52 Å². The molecule has 2 N–H and O–H groups in total. The van der Waals surface area contributed by atoms with Gasteiger partial charge >= 0.3 is 5.97 Å². The van der Waals surface area contributed by atoms with E-state index in [2.05, 4.69) is 4.98 Å². The molecule has 0 spiro atoms. The number of pyridine rings is 1. The normalized spacial score (nSPS) is 11.1. The van der Waals surface area contributed by atoms with Gasteiger partial charge in [-0.2, -0.15) is 0 Å². The van der Waals surface area contributed by atoms with Crippen LogP contribution in [0.25, 0.3) is 16.7 Å². The summed E-state index contributed by atoms with van der Waals surface area (Å²) in [6.45, 7) is 2.36. The van der Waals surface area contributed by atoms with Gasteiger partial charge in [0.1, 0.15) is 5.56 Å². The highest BCUT2D eigenvalue weighted by Gasteiger charge is 2.15. The average Bonchev–Trinajstić information content (AvgIpc) is 2.95. The molecule has 2 heterocycles. The fourth-order valence-corrected chi connectivity index (χ4v) is 2.71. The van der Waals surface area contributed by atoms with Gasteiger partial charge in [0.2, 0.25) is 0 Å². The summed E-state index contributed by atoms with van der Waals surface area (Å²) in [5, 5.41) is 18.2. The number of aromatic nitrogens is 3. The van der Waals surface area contributed by atoms with Crippen molar-refractivity contribution in [2.45, 2.75) is 19.9 Å². The first kappa shape index (κ1) is 15.9. The monoisotopic (exact) mass is 327 g/mol. The number of aromatic carboxylic acids is 1. The molecule has 0 saturated heterocycles. The van der Waals surface area contributed by atoms with Crippen molar-refractivity contribution in [3.05, 3.63) is 58.3 Å². The molecule has 0 unspecified atom stereocenters. The number of carboxylic acids is 1. The minimum absolute atomic E-state index is 0.106. The Kier molecular flexibility index (Phi) is 4.18. The number of nitrogens with zero attached hydrogens (tertiary/aromatic N) is 3. The van der Waals surface area contributed by atoms with Crippen LogP contribution in [0.5, 0.6) is 0 Å². The molecule has 2 aromatic heterocycles. The number of carboxylic acid groups (broad SMARTS) is 1. The molecule has 3 aromatic rings. The van der Waals surface area contributed by atoms with Crippen molar-refractivity contribution in [3.8, 4) is 5.69 Å². The second kappa shape index (κ2) is 6.29. The minimum Gasteiger partial charge on any atom is -0.477 e. The molecule has 7 nitrogen and oxygen atoms in total. The Bertz CT molecular complexity index is 972. The highest BCUT2D eigenvalue weighted by atomic mass is 16.4. The largest absolute Gasteiger partial charge is 0.477 e. The van der Waals surface area contributed by atoms with Crippen LogP contribution in [0.2, 0.25) is 0 Å². The molecule has 7 heteroatoms. The Hall–Kier alpha value is -2.93. The first-order valence-corrected chi connectivity index (χ1v) is 7.54. The fraction of sp³-hybridized carbons (Fsp3) is 0.235. The second-order valence-electron chi connectivity index (χ2n) is 5.54. The summed E-state index contributed by atoms with van der Waals surface area (Å²) < 4.78 is 3.23. The van der Waals surface area contributed by atoms with Crippen molar-refractivity contribution in [2.24, 2.45) is 0 Å². The van der Waals surface area contributed by atoms with E-state index in [4.69, 9.17) is 5.11 Å². The molecule has 0 atom stereocenters. The van der Waals surface area contributed by atoms with Gasteiger partial charge in [-0.3, -0.25) is 9.36 Å². The van der Waals surface area contributed by atoms with Gasteiger partial charge < -0.3 is 14.8 Å². The molecule has 0 bridgehead atoms. The number of fused-ring (bicyclic) bond motifs is 1. The highest BCUT2D eigenvalue weighted by Crippen LogP contribution is 2.18. The van der Waals surface area contributed by atoms with Gasteiger partial charge in [-0.15, -0.1) is 0 Å². The van der Waals surface area contributed by atoms with Crippen molar-refractivity contribution in [2.75, 3.05) is 6.61 Å². The van der Waals surface area contributed by atoms with Crippen LogP contribution in [0.1, 0.15) is 22.3 Å². The number of hydrogen-bond donors (Lipinski definition) is 2. The van der Waals surface area contributed by atoms with Crippen LogP contribution < -0.4 is 5.56 Å². The van der Waals surface area contributed by atoms with Crippen molar-refractivity contribution in [1.29, 1.82) is 0 Å². The fourth-order valence-electron chi connectivity index (χ4n) is 2.71. The minimum atomic E-state index is -1.23. The molecule has 0 fully saturated rings. The van der Waals surface area contributed by atoms with Crippen molar-refractivity contribution in [3.63, 3.8) is 0 Å². The zero-order valence-electron chi connectivity index (χ0n) is 13.1. The van der Waals surface area contributed by atoms with Crippen LogP contribution in [-0.4, -0.2) is 36.9 Å². The molecule has 0 amide bonds. The second-order valence-corrected chi connectivity index (χ2v) is 5.54. The number of aryl methyl sites for hydroxylation is 2. The molecular weight excluding hydrogens is 310 g/mol. The summed E-state index contributed by atoms with van der Waals surface area (Å²) in [5.74, 6) is -1.23. The third-order valence-corrected chi connectivity index (χ3v) is 3.95. The number of aliphatic hydroxyl groups excluding tert-OH is 1. The third-order valence-electron chi connectivity index (χ3n) is 3.95. The van der Waals surface area contributed by atoms with Gasteiger partial charge in [-0.1, -0.05) is 0 Å². The van der Waals surface area contributed by atoms with Gasteiger partial charge in [0.15, 0.2) is 0 Å². The Balaban J connectivity index is 2.09. The SMILES string of the molecule is Cc1ccn(-c2ccc3c(c2)ncn3CCCO)c(=O)c1C(=O)O. The quantitative estimate of drug-likeness (QED) is 0.741. The molecule has 1 aromatic carbocycles. The van der Waals surface area contributed by atoms with Crippen molar-refractivity contribution >= 4 is 17.0 Å². The zero-order valence-corrected chi connectivity index (χ0v) is 13.1. The molecule has 3 rings (SSSR count). The highest BCUT2D eigenvalue weighted by molar-refractivity contribution is 5.89. The van der Waals surface area contributed by atoms with Crippen molar-refractivity contribution < 1.29 is 15.0 Å². The first-order valence-electron chi connectivity index (χ1n) is 7.54. The van der Waals surface area contributed by atoms with E-state index in [-0.39, 0.29) is 12.2 Å². The maximum atomic E-state index is 12.4. The van der Waals surface area contributed by atoms with E-state index in [1.165, 1.54) is 4.57 Å². The van der Waals surface area contributed by atoms with Gasteiger partial charge in [0.25, 0.3) is 5.56 Å².